The van der Waals surface area contributed by atoms with E-state index in [0.717, 1.165) is 19.2 Å². The molecule has 3 atom stereocenters. The van der Waals surface area contributed by atoms with E-state index < -0.39 is 23.2 Å². The first-order valence-corrected chi connectivity index (χ1v) is 7.87. The van der Waals surface area contributed by atoms with Crippen LogP contribution in [0.3, 0.4) is 0 Å². The molecule has 2 N–H and O–H groups in total. The summed E-state index contributed by atoms with van der Waals surface area (Å²) in [5.41, 5.74) is -1.71. The minimum absolute atomic E-state index is 0.00566. The normalized spacial score (nSPS) is 26.0. The van der Waals surface area contributed by atoms with Gasteiger partial charge in [-0.2, -0.15) is 13.2 Å². The second-order valence-electron chi connectivity index (χ2n) is 7.03. The number of hydrogen-bond acceptors (Lipinski definition) is 4. The molecule has 5 nitrogen and oxygen atoms in total. The average Bonchev–Trinajstić information content (AvgIpc) is 2.98. The lowest BCUT2D eigenvalue weighted by molar-refractivity contribution is -0.139. The van der Waals surface area contributed by atoms with Crippen LogP contribution < -0.4 is 15.4 Å². The van der Waals surface area contributed by atoms with Crippen molar-refractivity contribution in [3.63, 3.8) is 0 Å². The lowest BCUT2D eigenvalue weighted by Gasteiger charge is -2.27. The van der Waals surface area contributed by atoms with E-state index in [1.165, 1.54) is 12.3 Å². The highest BCUT2D eigenvalue weighted by atomic mass is 19.4. The van der Waals surface area contributed by atoms with Gasteiger partial charge >= 0.3 is 6.18 Å². The van der Waals surface area contributed by atoms with Crippen LogP contribution >= 0.6 is 0 Å². The van der Waals surface area contributed by atoms with Crippen LogP contribution in [0.5, 0.6) is 5.88 Å². The van der Waals surface area contributed by atoms with Gasteiger partial charge < -0.3 is 15.4 Å². The van der Waals surface area contributed by atoms with Gasteiger partial charge in [-0.3, -0.25) is 4.79 Å². The number of carbonyl (C=O) groups is 1. The topological polar surface area (TPSA) is 63.2 Å². The number of hydrogen-bond donors (Lipinski definition) is 2. The maximum absolute atomic E-state index is 12.9. The highest BCUT2D eigenvalue weighted by molar-refractivity contribution is 5.83. The quantitative estimate of drug-likeness (QED) is 0.856. The zero-order valence-corrected chi connectivity index (χ0v) is 13.5. The fourth-order valence-corrected chi connectivity index (χ4v) is 3.23. The van der Waals surface area contributed by atoms with Gasteiger partial charge in [-0.15, -0.1) is 0 Å². The first-order valence-electron chi connectivity index (χ1n) is 7.87. The smallest absolute Gasteiger partial charge is 0.421 e. The van der Waals surface area contributed by atoms with Crippen LogP contribution in [0, 0.1) is 17.8 Å². The van der Waals surface area contributed by atoms with E-state index in [0.29, 0.717) is 11.8 Å². The van der Waals surface area contributed by atoms with Crippen molar-refractivity contribution in [1.29, 1.82) is 0 Å². The minimum atomic E-state index is -4.53. The Balaban J connectivity index is 1.58. The second kappa shape index (κ2) is 5.91. The van der Waals surface area contributed by atoms with Crippen molar-refractivity contribution < 1.29 is 22.7 Å². The molecule has 2 unspecified atom stereocenters. The minimum Gasteiger partial charge on any atom is -0.475 e. The molecule has 1 saturated carbocycles. The summed E-state index contributed by atoms with van der Waals surface area (Å²) in [6, 6.07) is 2.13. The summed E-state index contributed by atoms with van der Waals surface area (Å²) in [5.74, 6) is 0.242. The van der Waals surface area contributed by atoms with Crippen LogP contribution in [0.1, 0.15) is 19.4 Å². The molecule has 1 aromatic rings. The van der Waals surface area contributed by atoms with Gasteiger partial charge in [0.05, 0.1) is 5.54 Å². The van der Waals surface area contributed by atoms with E-state index in [-0.39, 0.29) is 18.4 Å². The molecule has 132 valence electrons. The lowest BCUT2D eigenvalue weighted by atomic mass is 10.1. The number of fused-ring (bicyclic) bond motifs is 1. The molecule has 1 aliphatic heterocycles. The van der Waals surface area contributed by atoms with Gasteiger partial charge in [0.2, 0.25) is 11.8 Å². The number of amides is 1. The molecule has 2 aliphatic rings. The van der Waals surface area contributed by atoms with E-state index >= 15 is 0 Å². The Morgan fingerprint density at radius 1 is 1.38 bits per heavy atom. The van der Waals surface area contributed by atoms with Crippen molar-refractivity contribution >= 4 is 5.91 Å². The molecule has 8 heteroatoms. The number of ether oxygens (including phenoxy) is 1. The van der Waals surface area contributed by atoms with E-state index in [4.69, 9.17) is 4.74 Å². The predicted molar refractivity (Wildman–Crippen MR) is 80.3 cm³/mol. The second-order valence-corrected chi connectivity index (χ2v) is 7.03. The molecule has 0 bridgehead atoms. The number of piperidine rings is 1. The van der Waals surface area contributed by atoms with Gasteiger partial charge in [0.1, 0.15) is 12.2 Å². The fraction of sp³-hybridized carbons (Fsp3) is 0.625. The number of carbonyl (C=O) groups excluding carboxylic acids is 1. The van der Waals surface area contributed by atoms with Gasteiger partial charge in [-0.05, 0) is 50.9 Å². The molecule has 1 amide bonds. The van der Waals surface area contributed by atoms with Crippen molar-refractivity contribution in [2.75, 3.05) is 19.7 Å². The van der Waals surface area contributed by atoms with Crippen LogP contribution in [0.2, 0.25) is 0 Å². The molecule has 0 spiro atoms. The molecule has 2 fully saturated rings. The molecule has 1 saturated heterocycles. The van der Waals surface area contributed by atoms with Crippen LogP contribution in [0.15, 0.2) is 18.3 Å². The van der Waals surface area contributed by atoms with Gasteiger partial charge in [0, 0.05) is 12.1 Å². The number of aromatic nitrogens is 1. The first-order chi connectivity index (χ1) is 11.2. The molecular weight excluding hydrogens is 323 g/mol. The van der Waals surface area contributed by atoms with Crippen molar-refractivity contribution in [3.8, 4) is 5.88 Å². The Morgan fingerprint density at radius 2 is 2.04 bits per heavy atom. The van der Waals surface area contributed by atoms with Gasteiger partial charge in [0.25, 0.3) is 0 Å². The number of nitrogens with one attached hydrogen (secondary N) is 2. The van der Waals surface area contributed by atoms with E-state index in [2.05, 4.69) is 15.6 Å². The van der Waals surface area contributed by atoms with E-state index in [1.807, 2.05) is 0 Å². The number of halogens is 3. The Morgan fingerprint density at radius 3 is 2.67 bits per heavy atom. The summed E-state index contributed by atoms with van der Waals surface area (Å²) in [6.45, 7) is 5.04. The van der Waals surface area contributed by atoms with Crippen molar-refractivity contribution in [2.24, 2.45) is 17.8 Å². The molecule has 2 heterocycles. The largest absolute Gasteiger partial charge is 0.475 e. The van der Waals surface area contributed by atoms with Crippen molar-refractivity contribution in [2.45, 2.75) is 25.6 Å². The Labute approximate surface area is 138 Å². The Kier molecular flexibility index (Phi) is 4.19. The standard InChI is InChI=1S/C16H20F3N3O2/c1-15(2,22-13(23)12-9-6-20-7-10(9)12)8-24-14-11(16(17,18)19)4-3-5-21-14/h3-5,9-10,12,20H,6-8H2,1-2H3,(H,22,23)/t9-,10?,12?/m0/s1. The van der Waals surface area contributed by atoms with Crippen molar-refractivity contribution in [1.82, 2.24) is 15.6 Å². The zero-order valence-electron chi connectivity index (χ0n) is 13.5. The van der Waals surface area contributed by atoms with E-state index in [9.17, 15) is 18.0 Å². The summed E-state index contributed by atoms with van der Waals surface area (Å²) in [6.07, 6.45) is -3.29. The molecule has 24 heavy (non-hydrogen) atoms. The van der Waals surface area contributed by atoms with Crippen LogP contribution in [-0.2, 0) is 11.0 Å². The molecular formula is C16H20F3N3O2. The van der Waals surface area contributed by atoms with Gasteiger partial charge in [-0.25, -0.2) is 4.98 Å². The zero-order chi connectivity index (χ0) is 17.5. The summed E-state index contributed by atoms with van der Waals surface area (Å²) in [5, 5.41) is 6.09. The van der Waals surface area contributed by atoms with Gasteiger partial charge in [-0.1, -0.05) is 0 Å². The number of pyridine rings is 1. The number of nitrogens with zero attached hydrogens (tertiary/aromatic N) is 1. The SMILES string of the molecule is CC(C)(COc1ncccc1C(F)(F)F)NC(=O)C1C2CNC[C@@H]21. The number of rotatable bonds is 5. The summed E-state index contributed by atoms with van der Waals surface area (Å²) >= 11 is 0. The van der Waals surface area contributed by atoms with Crippen LogP contribution in [0.25, 0.3) is 0 Å². The molecule has 3 rings (SSSR count). The third-order valence-electron chi connectivity index (χ3n) is 4.50. The summed E-state index contributed by atoms with van der Waals surface area (Å²) in [4.78, 5) is 15.9. The third kappa shape index (κ3) is 3.48. The maximum Gasteiger partial charge on any atom is 0.421 e. The maximum atomic E-state index is 12.9. The van der Waals surface area contributed by atoms with Crippen LogP contribution in [-0.4, -0.2) is 36.1 Å². The first kappa shape index (κ1) is 17.0. The monoisotopic (exact) mass is 343 g/mol. The average molecular weight is 343 g/mol. The summed E-state index contributed by atoms with van der Waals surface area (Å²) in [7, 11) is 0. The Bertz CT molecular complexity index is 623. The van der Waals surface area contributed by atoms with Crippen molar-refractivity contribution in [3.05, 3.63) is 23.9 Å². The third-order valence-corrected chi connectivity index (χ3v) is 4.50. The molecule has 1 aromatic heterocycles. The Hall–Kier alpha value is -1.83. The van der Waals surface area contributed by atoms with Crippen LogP contribution in [0.4, 0.5) is 13.2 Å². The highest BCUT2D eigenvalue weighted by Crippen LogP contribution is 2.48. The predicted octanol–water partition coefficient (Wildman–Crippen LogP) is 1.84. The molecule has 0 radical (unpaired) electrons. The van der Waals surface area contributed by atoms with E-state index in [1.54, 1.807) is 13.8 Å². The molecule has 0 aromatic carbocycles. The summed E-state index contributed by atoms with van der Waals surface area (Å²) < 4.78 is 44.1. The number of alkyl halides is 3. The highest BCUT2D eigenvalue weighted by Gasteiger charge is 2.57. The lowest BCUT2D eigenvalue weighted by Crippen LogP contribution is -2.49. The molecule has 1 aliphatic carbocycles. The van der Waals surface area contributed by atoms with Gasteiger partial charge in [0.15, 0.2) is 0 Å². The fourth-order valence-electron chi connectivity index (χ4n) is 3.23.